The van der Waals surface area contributed by atoms with Crippen molar-refractivity contribution in [2.45, 2.75) is 20.3 Å². The number of nitrogens with zero attached hydrogens (tertiary/aromatic N) is 1. The lowest BCUT2D eigenvalue weighted by atomic mass is 10.4. The van der Waals surface area contributed by atoms with Crippen LogP contribution in [0.5, 0.6) is 5.88 Å². The summed E-state index contributed by atoms with van der Waals surface area (Å²) in [5, 5.41) is 0. The first kappa shape index (κ1) is 8.05. The van der Waals surface area contributed by atoms with Crippen LogP contribution in [-0.2, 0) is 0 Å². The Balaban J connectivity index is 2.56. The molecule has 1 heterocycles. The highest BCUT2D eigenvalue weighted by atomic mass is 16.5. The average molecular weight is 151 g/mol. The smallest absolute Gasteiger partial charge is 0.213 e. The van der Waals surface area contributed by atoms with E-state index in [1.54, 1.807) is 0 Å². The van der Waals surface area contributed by atoms with Gasteiger partial charge in [0, 0.05) is 11.8 Å². The van der Waals surface area contributed by atoms with Crippen molar-refractivity contribution in [1.82, 2.24) is 4.98 Å². The molecule has 0 aromatic carbocycles. The molecule has 0 aliphatic heterocycles. The van der Waals surface area contributed by atoms with Gasteiger partial charge in [0.2, 0.25) is 5.88 Å². The molecule has 0 bridgehead atoms. The van der Waals surface area contributed by atoms with E-state index in [1.807, 2.05) is 25.1 Å². The normalized spacial score (nSPS) is 9.64. The molecule has 1 aromatic heterocycles. The first-order valence-corrected chi connectivity index (χ1v) is 3.89. The Kier molecular flexibility index (Phi) is 2.90. The Morgan fingerprint density at radius 1 is 1.45 bits per heavy atom. The molecular weight excluding hydrogens is 138 g/mol. The number of pyridine rings is 1. The molecule has 0 saturated carbocycles. The Morgan fingerprint density at radius 3 is 2.91 bits per heavy atom. The van der Waals surface area contributed by atoms with E-state index in [4.69, 9.17) is 4.74 Å². The molecule has 0 N–H and O–H groups in total. The summed E-state index contributed by atoms with van der Waals surface area (Å²) in [5.41, 5.74) is 0.999. The zero-order valence-corrected chi connectivity index (χ0v) is 7.00. The van der Waals surface area contributed by atoms with Gasteiger partial charge < -0.3 is 4.74 Å². The maximum absolute atomic E-state index is 5.32. The van der Waals surface area contributed by atoms with Gasteiger partial charge in [-0.15, -0.1) is 0 Å². The van der Waals surface area contributed by atoms with Crippen molar-refractivity contribution in [3.05, 3.63) is 23.9 Å². The van der Waals surface area contributed by atoms with E-state index in [2.05, 4.69) is 11.9 Å². The van der Waals surface area contributed by atoms with Crippen LogP contribution in [0, 0.1) is 6.92 Å². The van der Waals surface area contributed by atoms with Crippen LogP contribution in [0.2, 0.25) is 0 Å². The van der Waals surface area contributed by atoms with Crippen molar-refractivity contribution in [2.75, 3.05) is 6.61 Å². The zero-order valence-electron chi connectivity index (χ0n) is 7.00. The maximum atomic E-state index is 5.32. The third kappa shape index (κ3) is 2.58. The van der Waals surface area contributed by atoms with Crippen LogP contribution in [-0.4, -0.2) is 11.6 Å². The molecule has 11 heavy (non-hydrogen) atoms. The Hall–Kier alpha value is -1.05. The standard InChI is InChI=1S/C9H13NO/c1-3-7-11-9-6-4-5-8(2)10-9/h4-6H,3,7H2,1-2H3. The van der Waals surface area contributed by atoms with Crippen LogP contribution in [0.1, 0.15) is 19.0 Å². The summed E-state index contributed by atoms with van der Waals surface area (Å²) in [7, 11) is 0. The molecule has 0 spiro atoms. The average Bonchev–Trinajstić information content (AvgIpc) is 2.01. The summed E-state index contributed by atoms with van der Waals surface area (Å²) in [4.78, 5) is 4.19. The minimum absolute atomic E-state index is 0.729. The second-order valence-electron chi connectivity index (χ2n) is 2.47. The predicted octanol–water partition coefficient (Wildman–Crippen LogP) is 2.18. The topological polar surface area (TPSA) is 22.1 Å². The van der Waals surface area contributed by atoms with Gasteiger partial charge in [-0.25, -0.2) is 4.98 Å². The van der Waals surface area contributed by atoms with E-state index in [-0.39, 0.29) is 0 Å². The molecule has 0 amide bonds. The van der Waals surface area contributed by atoms with Crippen molar-refractivity contribution in [2.24, 2.45) is 0 Å². The lowest BCUT2D eigenvalue weighted by Crippen LogP contribution is -1.97. The summed E-state index contributed by atoms with van der Waals surface area (Å²) >= 11 is 0. The van der Waals surface area contributed by atoms with Gasteiger partial charge in [-0.1, -0.05) is 13.0 Å². The van der Waals surface area contributed by atoms with E-state index in [0.29, 0.717) is 0 Å². The molecule has 0 atom stereocenters. The molecule has 0 aliphatic rings. The second-order valence-corrected chi connectivity index (χ2v) is 2.47. The lowest BCUT2D eigenvalue weighted by molar-refractivity contribution is 0.305. The van der Waals surface area contributed by atoms with E-state index >= 15 is 0 Å². The SMILES string of the molecule is CCCOc1cccc(C)n1. The Morgan fingerprint density at radius 2 is 2.27 bits per heavy atom. The van der Waals surface area contributed by atoms with Gasteiger partial charge >= 0.3 is 0 Å². The summed E-state index contributed by atoms with van der Waals surface area (Å²) < 4.78 is 5.32. The molecule has 2 nitrogen and oxygen atoms in total. The predicted molar refractivity (Wildman–Crippen MR) is 44.8 cm³/mol. The van der Waals surface area contributed by atoms with Crippen molar-refractivity contribution in [3.63, 3.8) is 0 Å². The summed E-state index contributed by atoms with van der Waals surface area (Å²) in [5.74, 6) is 0.729. The summed E-state index contributed by atoms with van der Waals surface area (Å²) in [6, 6.07) is 5.79. The van der Waals surface area contributed by atoms with Gasteiger partial charge in [0.1, 0.15) is 0 Å². The fourth-order valence-corrected chi connectivity index (χ4v) is 0.805. The maximum Gasteiger partial charge on any atom is 0.213 e. The minimum atomic E-state index is 0.729. The minimum Gasteiger partial charge on any atom is -0.478 e. The molecule has 1 aromatic rings. The fourth-order valence-electron chi connectivity index (χ4n) is 0.805. The molecule has 1 rings (SSSR count). The fraction of sp³-hybridized carbons (Fsp3) is 0.444. The largest absolute Gasteiger partial charge is 0.478 e. The second kappa shape index (κ2) is 3.96. The summed E-state index contributed by atoms with van der Waals surface area (Å²) in [6.07, 6.45) is 1.02. The van der Waals surface area contributed by atoms with Crippen molar-refractivity contribution < 1.29 is 4.74 Å². The summed E-state index contributed by atoms with van der Waals surface area (Å²) in [6.45, 7) is 4.78. The number of aromatic nitrogens is 1. The first-order chi connectivity index (χ1) is 5.33. The molecule has 60 valence electrons. The van der Waals surface area contributed by atoms with E-state index in [0.717, 1.165) is 24.6 Å². The van der Waals surface area contributed by atoms with E-state index < -0.39 is 0 Å². The highest BCUT2D eigenvalue weighted by Gasteiger charge is 1.92. The molecule has 0 radical (unpaired) electrons. The number of rotatable bonds is 3. The highest BCUT2D eigenvalue weighted by Crippen LogP contribution is 2.06. The zero-order chi connectivity index (χ0) is 8.10. The third-order valence-electron chi connectivity index (χ3n) is 1.32. The number of aryl methyl sites for hydroxylation is 1. The van der Waals surface area contributed by atoms with Crippen LogP contribution in [0.4, 0.5) is 0 Å². The first-order valence-electron chi connectivity index (χ1n) is 3.89. The van der Waals surface area contributed by atoms with Crippen LogP contribution >= 0.6 is 0 Å². The molecule has 0 aliphatic carbocycles. The van der Waals surface area contributed by atoms with Gasteiger partial charge in [-0.2, -0.15) is 0 Å². The van der Waals surface area contributed by atoms with Crippen LogP contribution in [0.25, 0.3) is 0 Å². The van der Waals surface area contributed by atoms with Crippen molar-refractivity contribution >= 4 is 0 Å². The Bertz CT molecular complexity index is 223. The van der Waals surface area contributed by atoms with Crippen molar-refractivity contribution in [1.29, 1.82) is 0 Å². The quantitative estimate of drug-likeness (QED) is 0.660. The molecule has 0 unspecified atom stereocenters. The lowest BCUT2D eigenvalue weighted by Gasteiger charge is -2.02. The number of ether oxygens (including phenoxy) is 1. The Labute approximate surface area is 67.2 Å². The van der Waals surface area contributed by atoms with Crippen LogP contribution in [0.3, 0.4) is 0 Å². The van der Waals surface area contributed by atoms with Crippen LogP contribution in [0.15, 0.2) is 18.2 Å². The molecular formula is C9H13NO. The van der Waals surface area contributed by atoms with Gasteiger partial charge in [-0.3, -0.25) is 0 Å². The van der Waals surface area contributed by atoms with Gasteiger partial charge in [0.15, 0.2) is 0 Å². The van der Waals surface area contributed by atoms with Crippen LogP contribution < -0.4 is 4.74 Å². The molecule has 0 saturated heterocycles. The number of hydrogen-bond acceptors (Lipinski definition) is 2. The van der Waals surface area contributed by atoms with E-state index in [1.165, 1.54) is 0 Å². The van der Waals surface area contributed by atoms with Gasteiger partial charge in [0.25, 0.3) is 0 Å². The van der Waals surface area contributed by atoms with E-state index in [9.17, 15) is 0 Å². The third-order valence-corrected chi connectivity index (χ3v) is 1.32. The number of hydrogen-bond donors (Lipinski definition) is 0. The highest BCUT2D eigenvalue weighted by molar-refractivity contribution is 5.14. The van der Waals surface area contributed by atoms with Crippen molar-refractivity contribution in [3.8, 4) is 5.88 Å². The molecule has 2 heteroatoms. The monoisotopic (exact) mass is 151 g/mol. The molecule has 0 fully saturated rings. The van der Waals surface area contributed by atoms with Gasteiger partial charge in [-0.05, 0) is 19.4 Å². The van der Waals surface area contributed by atoms with Gasteiger partial charge in [0.05, 0.1) is 6.61 Å².